The van der Waals surface area contributed by atoms with Crippen molar-refractivity contribution in [3.63, 3.8) is 0 Å². The van der Waals surface area contributed by atoms with Crippen molar-refractivity contribution < 1.29 is 4.74 Å². The molecule has 0 radical (unpaired) electrons. The van der Waals surface area contributed by atoms with Crippen LogP contribution in [0.3, 0.4) is 0 Å². The summed E-state index contributed by atoms with van der Waals surface area (Å²) in [5, 5.41) is 0. The zero-order chi connectivity index (χ0) is 14.8. The van der Waals surface area contributed by atoms with Crippen molar-refractivity contribution in [1.82, 2.24) is 4.90 Å². The SMILES string of the molecule is COC1=C(c2ccccc2)C=C(CN(C)C(C)(C)C)C1. The van der Waals surface area contributed by atoms with E-state index in [1.54, 1.807) is 7.11 Å². The molecule has 1 aromatic carbocycles. The van der Waals surface area contributed by atoms with Crippen LogP contribution in [0.1, 0.15) is 32.8 Å². The van der Waals surface area contributed by atoms with E-state index >= 15 is 0 Å². The molecule has 0 saturated heterocycles. The number of hydrogen-bond acceptors (Lipinski definition) is 2. The summed E-state index contributed by atoms with van der Waals surface area (Å²) >= 11 is 0. The van der Waals surface area contributed by atoms with Gasteiger partial charge in [0.1, 0.15) is 5.76 Å². The Bertz CT molecular complexity index is 520. The van der Waals surface area contributed by atoms with E-state index in [-0.39, 0.29) is 5.54 Å². The van der Waals surface area contributed by atoms with Crippen LogP contribution in [-0.2, 0) is 4.74 Å². The molecule has 0 spiro atoms. The van der Waals surface area contributed by atoms with Crippen LogP contribution < -0.4 is 0 Å². The molecule has 108 valence electrons. The van der Waals surface area contributed by atoms with Gasteiger partial charge in [-0.15, -0.1) is 0 Å². The largest absolute Gasteiger partial charge is 0.500 e. The molecule has 0 saturated carbocycles. The second-order valence-corrected chi connectivity index (χ2v) is 6.41. The van der Waals surface area contributed by atoms with Crippen molar-refractivity contribution in [3.8, 4) is 0 Å². The predicted octanol–water partition coefficient (Wildman–Crippen LogP) is 4.10. The van der Waals surface area contributed by atoms with Crippen molar-refractivity contribution in [2.75, 3.05) is 20.7 Å². The van der Waals surface area contributed by atoms with Gasteiger partial charge in [-0.25, -0.2) is 0 Å². The molecule has 0 N–H and O–H groups in total. The zero-order valence-electron chi connectivity index (χ0n) is 13.2. The third-order valence-electron chi connectivity index (χ3n) is 3.95. The van der Waals surface area contributed by atoms with Gasteiger partial charge in [-0.2, -0.15) is 0 Å². The summed E-state index contributed by atoms with van der Waals surface area (Å²) in [5.41, 5.74) is 4.06. The molecular formula is C18H25NO. The minimum atomic E-state index is 0.184. The smallest absolute Gasteiger partial charge is 0.107 e. The van der Waals surface area contributed by atoms with Crippen molar-refractivity contribution >= 4 is 5.57 Å². The summed E-state index contributed by atoms with van der Waals surface area (Å²) in [6.45, 7) is 7.70. The fourth-order valence-electron chi connectivity index (χ4n) is 2.32. The molecule has 2 heteroatoms. The second-order valence-electron chi connectivity index (χ2n) is 6.41. The zero-order valence-corrected chi connectivity index (χ0v) is 13.2. The molecule has 0 fully saturated rings. The molecule has 1 aliphatic carbocycles. The standard InChI is InChI=1S/C18H25NO/c1-18(2,3)19(4)13-14-11-16(17(12-14)20-5)15-9-7-6-8-10-15/h6-11H,12-13H2,1-5H3. The van der Waals surface area contributed by atoms with E-state index in [4.69, 9.17) is 4.74 Å². The van der Waals surface area contributed by atoms with Crippen molar-refractivity contribution in [2.45, 2.75) is 32.7 Å². The van der Waals surface area contributed by atoms with Crippen LogP contribution in [0, 0.1) is 0 Å². The summed E-state index contributed by atoms with van der Waals surface area (Å²) in [6, 6.07) is 10.5. The van der Waals surface area contributed by atoms with Crippen LogP contribution in [0.5, 0.6) is 0 Å². The van der Waals surface area contributed by atoms with Crippen LogP contribution >= 0.6 is 0 Å². The van der Waals surface area contributed by atoms with Crippen LogP contribution in [0.2, 0.25) is 0 Å². The number of rotatable bonds is 4. The van der Waals surface area contributed by atoms with Crippen LogP contribution in [0.4, 0.5) is 0 Å². The molecule has 2 nitrogen and oxygen atoms in total. The van der Waals surface area contributed by atoms with E-state index in [0.29, 0.717) is 0 Å². The van der Waals surface area contributed by atoms with E-state index in [0.717, 1.165) is 18.7 Å². The van der Waals surface area contributed by atoms with Gasteiger partial charge in [-0.3, -0.25) is 4.90 Å². The third kappa shape index (κ3) is 3.31. The number of allylic oxidation sites excluding steroid dienone is 3. The van der Waals surface area contributed by atoms with Gasteiger partial charge in [-0.1, -0.05) is 36.4 Å². The molecule has 0 heterocycles. The van der Waals surface area contributed by atoms with Gasteiger partial charge < -0.3 is 4.74 Å². The first-order chi connectivity index (χ1) is 9.41. The Morgan fingerprint density at radius 2 is 1.80 bits per heavy atom. The Hall–Kier alpha value is -1.54. The van der Waals surface area contributed by atoms with Gasteiger partial charge in [0.2, 0.25) is 0 Å². The third-order valence-corrected chi connectivity index (χ3v) is 3.95. The van der Waals surface area contributed by atoms with Crippen LogP contribution in [0.25, 0.3) is 5.57 Å². The molecule has 0 amide bonds. The lowest BCUT2D eigenvalue weighted by atomic mass is 10.1. The fourth-order valence-corrected chi connectivity index (χ4v) is 2.32. The predicted molar refractivity (Wildman–Crippen MR) is 85.5 cm³/mol. The lowest BCUT2D eigenvalue weighted by Gasteiger charge is -2.32. The maximum Gasteiger partial charge on any atom is 0.107 e. The Morgan fingerprint density at radius 3 is 2.35 bits per heavy atom. The summed E-state index contributed by atoms with van der Waals surface area (Å²) < 4.78 is 5.58. The van der Waals surface area contributed by atoms with Gasteiger partial charge in [0.15, 0.2) is 0 Å². The van der Waals surface area contributed by atoms with Gasteiger partial charge >= 0.3 is 0 Å². The molecule has 1 aliphatic rings. The number of ether oxygens (including phenoxy) is 1. The van der Waals surface area contributed by atoms with Gasteiger partial charge in [-0.05, 0) is 39.0 Å². The minimum Gasteiger partial charge on any atom is -0.500 e. The molecule has 0 bridgehead atoms. The number of nitrogens with zero attached hydrogens (tertiary/aromatic N) is 1. The first-order valence-corrected chi connectivity index (χ1v) is 7.15. The molecule has 20 heavy (non-hydrogen) atoms. The highest BCUT2D eigenvalue weighted by atomic mass is 16.5. The number of methoxy groups -OCH3 is 1. The average Bonchev–Trinajstić information content (AvgIpc) is 2.81. The number of likely N-dealkylation sites (N-methyl/N-ethyl adjacent to an activating group) is 1. The summed E-state index contributed by atoms with van der Waals surface area (Å²) in [6.07, 6.45) is 3.21. The molecule has 0 atom stereocenters. The average molecular weight is 271 g/mol. The normalized spacial score (nSPS) is 15.8. The lowest BCUT2D eigenvalue weighted by molar-refractivity contribution is 0.189. The van der Waals surface area contributed by atoms with Crippen molar-refractivity contribution in [2.24, 2.45) is 0 Å². The highest BCUT2D eigenvalue weighted by Gasteiger charge is 2.22. The summed E-state index contributed by atoms with van der Waals surface area (Å²) in [4.78, 5) is 2.38. The summed E-state index contributed by atoms with van der Waals surface area (Å²) in [5.74, 6) is 1.08. The van der Waals surface area contributed by atoms with Crippen LogP contribution in [0.15, 0.2) is 47.7 Å². The Morgan fingerprint density at radius 1 is 1.15 bits per heavy atom. The van der Waals surface area contributed by atoms with Crippen molar-refractivity contribution in [3.05, 3.63) is 53.3 Å². The Kier molecular flexibility index (Phi) is 4.34. The van der Waals surface area contributed by atoms with E-state index in [2.05, 4.69) is 63.1 Å². The van der Waals surface area contributed by atoms with E-state index < -0.39 is 0 Å². The van der Waals surface area contributed by atoms with Crippen molar-refractivity contribution in [1.29, 1.82) is 0 Å². The van der Waals surface area contributed by atoms with Gasteiger partial charge in [0.25, 0.3) is 0 Å². The maximum absolute atomic E-state index is 5.58. The highest BCUT2D eigenvalue weighted by molar-refractivity contribution is 5.79. The fraction of sp³-hybridized carbons (Fsp3) is 0.444. The topological polar surface area (TPSA) is 12.5 Å². The van der Waals surface area contributed by atoms with E-state index in [9.17, 15) is 0 Å². The number of hydrogen-bond donors (Lipinski definition) is 0. The molecule has 0 aliphatic heterocycles. The maximum atomic E-state index is 5.58. The van der Waals surface area contributed by atoms with Crippen LogP contribution in [-0.4, -0.2) is 31.1 Å². The first kappa shape index (κ1) is 14.9. The molecule has 0 aromatic heterocycles. The van der Waals surface area contributed by atoms with Gasteiger partial charge in [0.05, 0.1) is 7.11 Å². The molecule has 2 rings (SSSR count). The monoisotopic (exact) mass is 271 g/mol. The minimum absolute atomic E-state index is 0.184. The molecular weight excluding hydrogens is 246 g/mol. The Labute approximate surface area is 122 Å². The Balaban J connectivity index is 2.18. The molecule has 1 aromatic rings. The molecule has 0 unspecified atom stereocenters. The first-order valence-electron chi connectivity index (χ1n) is 7.15. The quantitative estimate of drug-likeness (QED) is 0.817. The van der Waals surface area contributed by atoms with E-state index in [1.165, 1.54) is 16.7 Å². The highest BCUT2D eigenvalue weighted by Crippen LogP contribution is 2.33. The van der Waals surface area contributed by atoms with E-state index in [1.807, 2.05) is 6.07 Å². The second kappa shape index (κ2) is 5.84. The lowest BCUT2D eigenvalue weighted by Crippen LogP contribution is -2.39. The number of benzene rings is 1. The van der Waals surface area contributed by atoms with Gasteiger partial charge in [0, 0.05) is 24.1 Å². The summed E-state index contributed by atoms with van der Waals surface area (Å²) in [7, 11) is 3.94.